The largest absolute Gasteiger partial charge is 0.481 e. The minimum absolute atomic E-state index is 0.145. The minimum atomic E-state index is -0.558. The van der Waals surface area contributed by atoms with Crippen LogP contribution >= 0.6 is 0 Å². The molecule has 0 radical (unpaired) electrons. The molecule has 1 atom stereocenters. The van der Waals surface area contributed by atoms with Gasteiger partial charge in [-0.25, -0.2) is 0 Å². The van der Waals surface area contributed by atoms with Gasteiger partial charge in [0.05, 0.1) is 0 Å². The quantitative estimate of drug-likeness (QED) is 0.858. The van der Waals surface area contributed by atoms with Crippen molar-refractivity contribution >= 4 is 11.6 Å². The molecule has 1 N–H and O–H groups in total. The van der Waals surface area contributed by atoms with Gasteiger partial charge in [-0.05, 0) is 61.6 Å². The summed E-state index contributed by atoms with van der Waals surface area (Å²) in [5, 5.41) is 2.94. The number of amides is 1. The summed E-state index contributed by atoms with van der Waals surface area (Å²) < 4.78 is 5.80. The van der Waals surface area contributed by atoms with Crippen molar-refractivity contribution in [3.05, 3.63) is 59.2 Å². The Morgan fingerprint density at radius 1 is 1.04 bits per heavy atom. The van der Waals surface area contributed by atoms with E-state index in [4.69, 9.17) is 4.74 Å². The van der Waals surface area contributed by atoms with Gasteiger partial charge in [0.1, 0.15) is 5.75 Å². The molecule has 122 valence electrons. The number of hydrogen-bond donors (Lipinski definition) is 1. The average Bonchev–Trinajstić information content (AvgIpc) is 2.51. The van der Waals surface area contributed by atoms with Crippen LogP contribution in [0.5, 0.6) is 5.75 Å². The molecule has 1 unspecified atom stereocenters. The predicted molar refractivity (Wildman–Crippen MR) is 95.2 cm³/mol. The molecule has 0 saturated heterocycles. The van der Waals surface area contributed by atoms with Crippen molar-refractivity contribution < 1.29 is 9.53 Å². The number of anilines is 1. The molecular formula is C20H25NO2. The molecule has 0 aliphatic heterocycles. The lowest BCUT2D eigenvalue weighted by Crippen LogP contribution is -2.30. The van der Waals surface area contributed by atoms with Gasteiger partial charge in [0.25, 0.3) is 5.91 Å². The number of carbonyl (C=O) groups excluding carboxylic acids is 1. The molecular weight excluding hydrogens is 286 g/mol. The van der Waals surface area contributed by atoms with E-state index in [-0.39, 0.29) is 5.91 Å². The Morgan fingerprint density at radius 2 is 1.78 bits per heavy atom. The molecule has 0 fully saturated rings. The van der Waals surface area contributed by atoms with E-state index in [2.05, 4.69) is 25.2 Å². The number of nitrogens with one attached hydrogen (secondary N) is 1. The van der Waals surface area contributed by atoms with E-state index in [1.165, 1.54) is 5.56 Å². The molecule has 2 aromatic rings. The van der Waals surface area contributed by atoms with Gasteiger partial charge in [0.15, 0.2) is 6.10 Å². The van der Waals surface area contributed by atoms with Crippen LogP contribution in [0.3, 0.4) is 0 Å². The fourth-order valence-electron chi connectivity index (χ4n) is 2.31. The Hall–Kier alpha value is -2.29. The number of rotatable bonds is 5. The van der Waals surface area contributed by atoms with Crippen LogP contribution in [-0.4, -0.2) is 12.0 Å². The Morgan fingerprint density at radius 3 is 2.48 bits per heavy atom. The SMILES string of the molecule is Cc1ccc(C)c(NC(=O)C(C)Oc2cccc(C(C)C)c2)c1. The zero-order valence-corrected chi connectivity index (χ0v) is 14.5. The molecule has 0 aliphatic carbocycles. The van der Waals surface area contributed by atoms with E-state index in [1.807, 2.05) is 50.2 Å². The van der Waals surface area contributed by atoms with Gasteiger partial charge in [0.2, 0.25) is 0 Å². The molecule has 2 aromatic carbocycles. The van der Waals surface area contributed by atoms with Crippen molar-refractivity contribution in [2.45, 2.75) is 46.6 Å². The first-order valence-corrected chi connectivity index (χ1v) is 8.01. The summed E-state index contributed by atoms with van der Waals surface area (Å²) in [5.74, 6) is 1.01. The van der Waals surface area contributed by atoms with Crippen molar-refractivity contribution in [2.24, 2.45) is 0 Å². The second-order valence-corrected chi connectivity index (χ2v) is 6.29. The van der Waals surface area contributed by atoms with Crippen LogP contribution < -0.4 is 10.1 Å². The van der Waals surface area contributed by atoms with Crippen LogP contribution in [0.1, 0.15) is 43.4 Å². The van der Waals surface area contributed by atoms with E-state index in [9.17, 15) is 4.79 Å². The van der Waals surface area contributed by atoms with Crippen LogP contribution in [0.25, 0.3) is 0 Å². The smallest absolute Gasteiger partial charge is 0.265 e. The van der Waals surface area contributed by atoms with Crippen LogP contribution in [0.4, 0.5) is 5.69 Å². The molecule has 0 aliphatic rings. The van der Waals surface area contributed by atoms with E-state index < -0.39 is 6.10 Å². The third-order valence-corrected chi connectivity index (χ3v) is 3.86. The second kappa shape index (κ2) is 7.32. The van der Waals surface area contributed by atoms with E-state index in [1.54, 1.807) is 6.92 Å². The molecule has 3 nitrogen and oxygen atoms in total. The number of aryl methyl sites for hydroxylation is 2. The highest BCUT2D eigenvalue weighted by Crippen LogP contribution is 2.22. The summed E-state index contributed by atoms with van der Waals surface area (Å²) in [5.41, 5.74) is 4.19. The first-order valence-electron chi connectivity index (χ1n) is 8.01. The Labute approximate surface area is 138 Å². The lowest BCUT2D eigenvalue weighted by atomic mass is 10.0. The van der Waals surface area contributed by atoms with Crippen molar-refractivity contribution in [1.82, 2.24) is 0 Å². The highest BCUT2D eigenvalue weighted by atomic mass is 16.5. The molecule has 2 rings (SSSR count). The summed E-state index contributed by atoms with van der Waals surface area (Å²) >= 11 is 0. The van der Waals surface area contributed by atoms with Crippen LogP contribution in [0.15, 0.2) is 42.5 Å². The zero-order chi connectivity index (χ0) is 17.0. The van der Waals surface area contributed by atoms with Gasteiger partial charge in [-0.3, -0.25) is 4.79 Å². The highest BCUT2D eigenvalue weighted by molar-refractivity contribution is 5.94. The van der Waals surface area contributed by atoms with E-state index >= 15 is 0 Å². The third-order valence-electron chi connectivity index (χ3n) is 3.86. The van der Waals surface area contributed by atoms with Crippen LogP contribution in [-0.2, 0) is 4.79 Å². The lowest BCUT2D eigenvalue weighted by Gasteiger charge is -2.17. The summed E-state index contributed by atoms with van der Waals surface area (Å²) in [6.45, 7) is 10.0. The third kappa shape index (κ3) is 4.59. The summed E-state index contributed by atoms with van der Waals surface area (Å²) in [6.07, 6.45) is -0.558. The Bertz CT molecular complexity index is 692. The van der Waals surface area contributed by atoms with Gasteiger partial charge >= 0.3 is 0 Å². The Balaban J connectivity index is 2.05. The molecule has 3 heteroatoms. The van der Waals surface area contributed by atoms with Crippen LogP contribution in [0, 0.1) is 13.8 Å². The van der Waals surface area contributed by atoms with Crippen molar-refractivity contribution in [3.8, 4) is 5.75 Å². The molecule has 0 aromatic heterocycles. The maximum Gasteiger partial charge on any atom is 0.265 e. The monoisotopic (exact) mass is 311 g/mol. The van der Waals surface area contributed by atoms with Crippen molar-refractivity contribution in [3.63, 3.8) is 0 Å². The number of hydrogen-bond acceptors (Lipinski definition) is 2. The topological polar surface area (TPSA) is 38.3 Å². The molecule has 0 bridgehead atoms. The first-order chi connectivity index (χ1) is 10.9. The van der Waals surface area contributed by atoms with E-state index in [0.29, 0.717) is 5.92 Å². The summed E-state index contributed by atoms with van der Waals surface area (Å²) in [4.78, 5) is 12.4. The van der Waals surface area contributed by atoms with Gasteiger partial charge in [0, 0.05) is 5.69 Å². The maximum absolute atomic E-state index is 12.4. The molecule has 23 heavy (non-hydrogen) atoms. The Kier molecular flexibility index (Phi) is 5.43. The normalized spacial score (nSPS) is 12.1. The minimum Gasteiger partial charge on any atom is -0.481 e. The zero-order valence-electron chi connectivity index (χ0n) is 14.5. The standard InChI is InChI=1S/C20H25NO2/c1-13(2)17-7-6-8-18(12-17)23-16(5)20(22)21-19-11-14(3)9-10-15(19)4/h6-13,16H,1-5H3,(H,21,22). The summed E-state index contributed by atoms with van der Waals surface area (Å²) in [7, 11) is 0. The average molecular weight is 311 g/mol. The molecule has 0 heterocycles. The number of ether oxygens (including phenoxy) is 1. The fraction of sp³-hybridized carbons (Fsp3) is 0.350. The molecule has 0 spiro atoms. The van der Waals surface area contributed by atoms with Crippen molar-refractivity contribution in [1.29, 1.82) is 0 Å². The number of benzene rings is 2. The molecule has 0 saturated carbocycles. The molecule has 1 amide bonds. The summed E-state index contributed by atoms with van der Waals surface area (Å²) in [6, 6.07) is 13.9. The lowest BCUT2D eigenvalue weighted by molar-refractivity contribution is -0.122. The fourth-order valence-corrected chi connectivity index (χ4v) is 2.31. The predicted octanol–water partition coefficient (Wildman–Crippen LogP) is 4.83. The van der Waals surface area contributed by atoms with Gasteiger partial charge in [-0.15, -0.1) is 0 Å². The van der Waals surface area contributed by atoms with Crippen LogP contribution in [0.2, 0.25) is 0 Å². The second-order valence-electron chi connectivity index (χ2n) is 6.29. The van der Waals surface area contributed by atoms with Crippen molar-refractivity contribution in [2.75, 3.05) is 5.32 Å². The number of carbonyl (C=O) groups is 1. The van der Waals surface area contributed by atoms with E-state index in [0.717, 1.165) is 22.6 Å². The highest BCUT2D eigenvalue weighted by Gasteiger charge is 2.16. The van der Waals surface area contributed by atoms with Gasteiger partial charge < -0.3 is 10.1 Å². The first kappa shape index (κ1) is 17.1. The van der Waals surface area contributed by atoms with Gasteiger partial charge in [-0.1, -0.05) is 38.1 Å². The van der Waals surface area contributed by atoms with Gasteiger partial charge in [-0.2, -0.15) is 0 Å². The maximum atomic E-state index is 12.4.